The molecular weight excluding hydrogens is 309 g/mol. The van der Waals surface area contributed by atoms with Gasteiger partial charge in [-0.25, -0.2) is 0 Å². The molecule has 0 fully saturated rings. The van der Waals surface area contributed by atoms with Gasteiger partial charge in [0.1, 0.15) is 11.0 Å². The summed E-state index contributed by atoms with van der Waals surface area (Å²) in [4.78, 5) is 11.4. The zero-order chi connectivity index (χ0) is 14.5. The molecule has 10 heteroatoms. The lowest BCUT2D eigenvalue weighted by Crippen LogP contribution is -2.24. The largest absolute Gasteiger partial charge is 0.427 e. The van der Waals surface area contributed by atoms with Gasteiger partial charge in [-0.2, -0.15) is 17.9 Å². The number of benzene rings is 1. The summed E-state index contributed by atoms with van der Waals surface area (Å²) in [5.74, 6) is 0. The Morgan fingerprint density at radius 3 is 2.21 bits per heavy atom. The van der Waals surface area contributed by atoms with Crippen LogP contribution in [0.25, 0.3) is 11.0 Å². The fourth-order valence-corrected chi connectivity index (χ4v) is 1.96. The first-order valence-electron chi connectivity index (χ1n) is 4.61. The molecule has 0 saturated heterocycles. The first kappa shape index (κ1) is 13.7. The fourth-order valence-electron chi connectivity index (χ4n) is 1.51. The van der Waals surface area contributed by atoms with Gasteiger partial charge >= 0.3 is 11.7 Å². The predicted octanol–water partition coefficient (Wildman–Crippen LogP) is 2.68. The van der Waals surface area contributed by atoms with Gasteiger partial charge in [0.05, 0.1) is 10.6 Å². The maximum atomic E-state index is 12.7. The predicted molar refractivity (Wildman–Crippen MR) is 61.4 cm³/mol. The molecular formula is C9H4ClF3N2O3S. The molecule has 0 bridgehead atoms. The lowest BCUT2D eigenvalue weighted by molar-refractivity contribution is -0.137. The molecule has 0 aliphatic carbocycles. The van der Waals surface area contributed by atoms with E-state index in [0.717, 1.165) is 0 Å². The molecule has 0 spiro atoms. The molecule has 2 rings (SSSR count). The lowest BCUT2D eigenvalue weighted by atomic mass is 10.2. The van der Waals surface area contributed by atoms with Gasteiger partial charge in [0.2, 0.25) is 4.64 Å². The summed E-state index contributed by atoms with van der Waals surface area (Å²) in [6.45, 7) is 0. The van der Waals surface area contributed by atoms with E-state index >= 15 is 0 Å². The quantitative estimate of drug-likeness (QED) is 0.580. The van der Waals surface area contributed by atoms with Crippen molar-refractivity contribution in [3.05, 3.63) is 37.7 Å². The molecule has 0 aliphatic heterocycles. The molecule has 19 heavy (non-hydrogen) atoms. The average molecular weight is 313 g/mol. The molecule has 0 unspecified atom stereocenters. The SMILES string of the molecule is O=c1c(=S)n(O)c2cc(C(F)(F)F)c(Cl)cc2n1O. The van der Waals surface area contributed by atoms with Crippen LogP contribution in [0.1, 0.15) is 5.56 Å². The first-order chi connectivity index (χ1) is 8.64. The molecule has 0 saturated carbocycles. The highest BCUT2D eigenvalue weighted by Gasteiger charge is 2.34. The second-order valence-corrected chi connectivity index (χ2v) is 4.35. The van der Waals surface area contributed by atoms with Gasteiger partial charge in [0.15, 0.2) is 0 Å². The van der Waals surface area contributed by atoms with E-state index in [2.05, 4.69) is 12.2 Å². The van der Waals surface area contributed by atoms with Crippen LogP contribution in [0.5, 0.6) is 0 Å². The second kappa shape index (κ2) is 4.14. The number of aromatic nitrogens is 2. The van der Waals surface area contributed by atoms with Crippen molar-refractivity contribution < 1.29 is 23.6 Å². The minimum Gasteiger partial charge on any atom is -0.427 e. The van der Waals surface area contributed by atoms with Crippen molar-refractivity contribution in [1.82, 2.24) is 9.46 Å². The van der Waals surface area contributed by atoms with Crippen molar-refractivity contribution in [1.29, 1.82) is 0 Å². The highest BCUT2D eigenvalue weighted by molar-refractivity contribution is 7.71. The van der Waals surface area contributed by atoms with Crippen molar-refractivity contribution >= 4 is 34.9 Å². The van der Waals surface area contributed by atoms with Gasteiger partial charge in [-0.1, -0.05) is 23.8 Å². The summed E-state index contributed by atoms with van der Waals surface area (Å²) >= 11 is 9.93. The third-order valence-electron chi connectivity index (χ3n) is 2.39. The van der Waals surface area contributed by atoms with Gasteiger partial charge in [-0.15, -0.1) is 4.73 Å². The summed E-state index contributed by atoms with van der Waals surface area (Å²) < 4.78 is 37.3. The summed E-state index contributed by atoms with van der Waals surface area (Å²) in [6.07, 6.45) is -4.75. The standard InChI is InChI=1S/C9H4ClF3N2O3S/c10-4-2-6-5(1-3(4)9(11,12)13)15(18)8(19)7(16)14(6)17/h1-2,17-18H. The van der Waals surface area contributed by atoms with Crippen LogP contribution < -0.4 is 5.56 Å². The van der Waals surface area contributed by atoms with Crippen molar-refractivity contribution in [3.8, 4) is 0 Å². The lowest BCUT2D eigenvalue weighted by Gasteiger charge is -2.12. The van der Waals surface area contributed by atoms with Crippen LogP contribution in [0.3, 0.4) is 0 Å². The topological polar surface area (TPSA) is 67.4 Å². The van der Waals surface area contributed by atoms with E-state index < -0.39 is 38.0 Å². The van der Waals surface area contributed by atoms with E-state index in [4.69, 9.17) is 11.6 Å². The van der Waals surface area contributed by atoms with Gasteiger partial charge in [0, 0.05) is 0 Å². The Labute approximate surface area is 112 Å². The Hall–Kier alpha value is -1.74. The van der Waals surface area contributed by atoms with Crippen LogP contribution in [0, 0.1) is 4.64 Å². The molecule has 0 atom stereocenters. The number of fused-ring (bicyclic) bond motifs is 1. The van der Waals surface area contributed by atoms with Crippen molar-refractivity contribution in [3.63, 3.8) is 0 Å². The number of halogens is 4. The van der Waals surface area contributed by atoms with Crippen LogP contribution in [0.2, 0.25) is 5.02 Å². The van der Waals surface area contributed by atoms with Crippen LogP contribution in [-0.2, 0) is 6.18 Å². The van der Waals surface area contributed by atoms with E-state index in [-0.39, 0.29) is 9.46 Å². The number of alkyl halides is 3. The molecule has 2 aromatic rings. The Kier molecular flexibility index (Phi) is 2.98. The summed E-state index contributed by atoms with van der Waals surface area (Å²) in [7, 11) is 0. The third kappa shape index (κ3) is 2.04. The Bertz CT molecular complexity index is 796. The highest BCUT2D eigenvalue weighted by Crippen LogP contribution is 2.36. The van der Waals surface area contributed by atoms with E-state index in [9.17, 15) is 28.4 Å². The molecule has 5 nitrogen and oxygen atoms in total. The van der Waals surface area contributed by atoms with Crippen LogP contribution in [0.4, 0.5) is 13.2 Å². The minimum absolute atomic E-state index is 0.0242. The zero-order valence-electron chi connectivity index (χ0n) is 8.77. The summed E-state index contributed by atoms with van der Waals surface area (Å²) in [5, 5.41) is 18.3. The maximum Gasteiger partial charge on any atom is 0.417 e. The van der Waals surface area contributed by atoms with Crippen LogP contribution in [-0.4, -0.2) is 19.9 Å². The number of hydrogen-bond acceptors (Lipinski definition) is 4. The van der Waals surface area contributed by atoms with Crippen molar-refractivity contribution in [2.75, 3.05) is 0 Å². The Morgan fingerprint density at radius 1 is 1.16 bits per heavy atom. The Morgan fingerprint density at radius 2 is 1.68 bits per heavy atom. The monoisotopic (exact) mass is 312 g/mol. The first-order valence-corrected chi connectivity index (χ1v) is 5.40. The molecule has 2 N–H and O–H groups in total. The molecule has 1 heterocycles. The fraction of sp³-hybridized carbons (Fsp3) is 0.111. The molecule has 102 valence electrons. The highest BCUT2D eigenvalue weighted by atomic mass is 35.5. The second-order valence-electron chi connectivity index (χ2n) is 3.55. The Balaban J connectivity index is 3.04. The van der Waals surface area contributed by atoms with Crippen molar-refractivity contribution in [2.24, 2.45) is 0 Å². The maximum absolute atomic E-state index is 12.7. The minimum atomic E-state index is -4.75. The third-order valence-corrected chi connectivity index (χ3v) is 3.05. The van der Waals surface area contributed by atoms with Crippen LogP contribution in [0.15, 0.2) is 16.9 Å². The molecule has 1 aromatic heterocycles. The van der Waals surface area contributed by atoms with Gasteiger partial charge < -0.3 is 10.4 Å². The zero-order valence-corrected chi connectivity index (χ0v) is 10.3. The van der Waals surface area contributed by atoms with E-state index in [1.807, 2.05) is 0 Å². The smallest absolute Gasteiger partial charge is 0.417 e. The number of rotatable bonds is 0. The molecule has 1 aromatic carbocycles. The van der Waals surface area contributed by atoms with E-state index in [0.29, 0.717) is 12.1 Å². The van der Waals surface area contributed by atoms with Crippen molar-refractivity contribution in [2.45, 2.75) is 6.18 Å². The molecule has 0 amide bonds. The molecule has 0 radical (unpaired) electrons. The van der Waals surface area contributed by atoms with Gasteiger partial charge in [0.25, 0.3) is 0 Å². The van der Waals surface area contributed by atoms with E-state index in [1.165, 1.54) is 0 Å². The average Bonchev–Trinajstić information content (AvgIpc) is 2.31. The van der Waals surface area contributed by atoms with Crippen LogP contribution >= 0.6 is 23.8 Å². The molecule has 0 aliphatic rings. The summed E-state index contributed by atoms with van der Waals surface area (Å²) in [6, 6.07) is 1.20. The number of nitrogens with zero attached hydrogens (tertiary/aromatic N) is 2. The summed E-state index contributed by atoms with van der Waals surface area (Å²) in [5.41, 5.74) is -3.28. The number of hydrogen-bond donors (Lipinski definition) is 2. The van der Waals surface area contributed by atoms with Gasteiger partial charge in [-0.3, -0.25) is 4.79 Å². The normalized spacial score (nSPS) is 12.0. The van der Waals surface area contributed by atoms with E-state index in [1.54, 1.807) is 0 Å². The van der Waals surface area contributed by atoms with Gasteiger partial charge in [-0.05, 0) is 12.1 Å².